The first kappa shape index (κ1) is 14.2. The number of nitrogen functional groups attached to an aromatic ring is 1. The van der Waals surface area contributed by atoms with Gasteiger partial charge in [0, 0.05) is 6.61 Å². The van der Waals surface area contributed by atoms with Crippen LogP contribution in [0.1, 0.15) is 32.1 Å². The van der Waals surface area contributed by atoms with Crippen molar-refractivity contribution in [1.82, 2.24) is 0 Å². The summed E-state index contributed by atoms with van der Waals surface area (Å²) in [5.41, 5.74) is 5.85. The minimum atomic E-state index is -3.51. The topological polar surface area (TPSA) is 69.4 Å². The largest absolute Gasteiger partial charge is 0.398 e. The fourth-order valence-corrected chi connectivity index (χ4v) is 5.66. The Morgan fingerprint density at radius 3 is 2.70 bits per heavy atom. The molecule has 1 spiro atoms. The summed E-state index contributed by atoms with van der Waals surface area (Å²) in [6.45, 7) is 0.494. The molecule has 0 aromatic heterocycles. The molecule has 2 fully saturated rings. The molecule has 0 amide bonds. The van der Waals surface area contributed by atoms with Crippen molar-refractivity contribution in [3.05, 3.63) is 23.2 Å². The summed E-state index contributed by atoms with van der Waals surface area (Å²) < 4.78 is 31.5. The minimum absolute atomic E-state index is 0.0861. The third kappa shape index (κ3) is 2.22. The Bertz CT molecular complexity index is 605. The average molecular weight is 316 g/mol. The van der Waals surface area contributed by atoms with Gasteiger partial charge in [0.15, 0.2) is 9.84 Å². The molecule has 20 heavy (non-hydrogen) atoms. The molecule has 1 aliphatic carbocycles. The minimum Gasteiger partial charge on any atom is -0.398 e. The molecule has 0 bridgehead atoms. The van der Waals surface area contributed by atoms with Crippen LogP contribution in [0, 0.1) is 0 Å². The molecule has 1 saturated carbocycles. The molecule has 2 aliphatic rings. The van der Waals surface area contributed by atoms with Gasteiger partial charge >= 0.3 is 0 Å². The maximum Gasteiger partial charge on any atom is 0.184 e. The third-order valence-corrected chi connectivity index (χ3v) is 7.17. The van der Waals surface area contributed by atoms with Gasteiger partial charge in [0.05, 0.1) is 21.6 Å². The second-order valence-electron chi connectivity index (χ2n) is 5.70. The van der Waals surface area contributed by atoms with E-state index in [-0.39, 0.29) is 21.2 Å². The second kappa shape index (κ2) is 4.90. The highest BCUT2D eigenvalue weighted by atomic mass is 35.5. The number of hydrogen-bond donors (Lipinski definition) is 1. The van der Waals surface area contributed by atoms with Crippen molar-refractivity contribution in [2.75, 3.05) is 12.3 Å². The first-order valence-corrected chi connectivity index (χ1v) is 8.79. The summed E-state index contributed by atoms with van der Waals surface area (Å²) in [4.78, 5) is 0.0861. The molecule has 1 heterocycles. The molecule has 6 heteroatoms. The van der Waals surface area contributed by atoms with E-state index < -0.39 is 15.1 Å². The van der Waals surface area contributed by atoms with Crippen molar-refractivity contribution in [3.8, 4) is 0 Å². The van der Waals surface area contributed by atoms with E-state index in [1.165, 1.54) is 0 Å². The van der Waals surface area contributed by atoms with Crippen LogP contribution in [0.15, 0.2) is 23.1 Å². The summed E-state index contributed by atoms with van der Waals surface area (Å²) in [6.07, 6.45) is 4.09. The van der Waals surface area contributed by atoms with Crippen molar-refractivity contribution >= 4 is 27.1 Å². The van der Waals surface area contributed by atoms with Gasteiger partial charge in [-0.05, 0) is 44.2 Å². The summed E-state index contributed by atoms with van der Waals surface area (Å²) >= 11 is 6.06. The van der Waals surface area contributed by atoms with E-state index in [1.54, 1.807) is 18.2 Å². The number of hydrogen-bond acceptors (Lipinski definition) is 4. The number of ether oxygens (including phenoxy) is 1. The van der Waals surface area contributed by atoms with E-state index in [0.29, 0.717) is 19.4 Å². The van der Waals surface area contributed by atoms with E-state index in [0.717, 1.165) is 19.3 Å². The predicted octanol–water partition coefficient (Wildman–Crippen LogP) is 2.80. The zero-order valence-electron chi connectivity index (χ0n) is 11.1. The lowest BCUT2D eigenvalue weighted by Gasteiger charge is -2.46. The smallest absolute Gasteiger partial charge is 0.184 e. The highest BCUT2D eigenvalue weighted by Gasteiger charge is 2.46. The number of sulfone groups is 1. The van der Waals surface area contributed by atoms with Crippen molar-refractivity contribution in [2.24, 2.45) is 0 Å². The summed E-state index contributed by atoms with van der Waals surface area (Å²) in [5.74, 6) is 0. The molecular weight excluding hydrogens is 298 g/mol. The molecule has 1 aliphatic heterocycles. The molecule has 2 N–H and O–H groups in total. The Hall–Kier alpha value is -0.780. The van der Waals surface area contributed by atoms with Crippen LogP contribution in [-0.4, -0.2) is 25.9 Å². The first-order valence-electron chi connectivity index (χ1n) is 6.86. The fraction of sp³-hybridized carbons (Fsp3) is 0.571. The van der Waals surface area contributed by atoms with Gasteiger partial charge < -0.3 is 10.5 Å². The van der Waals surface area contributed by atoms with Gasteiger partial charge in [-0.25, -0.2) is 8.42 Å². The zero-order valence-corrected chi connectivity index (χ0v) is 12.7. The Morgan fingerprint density at radius 1 is 1.35 bits per heavy atom. The Balaban J connectivity index is 1.95. The first-order chi connectivity index (χ1) is 9.45. The highest BCUT2D eigenvalue weighted by molar-refractivity contribution is 7.92. The molecule has 4 nitrogen and oxygen atoms in total. The van der Waals surface area contributed by atoms with Crippen LogP contribution in [0.3, 0.4) is 0 Å². The number of nitrogens with two attached hydrogens (primary N) is 1. The Labute approximate surface area is 124 Å². The maximum absolute atomic E-state index is 12.8. The molecule has 1 atom stereocenters. The Kier molecular flexibility index (Phi) is 3.47. The van der Waals surface area contributed by atoms with Gasteiger partial charge in [0.2, 0.25) is 0 Å². The van der Waals surface area contributed by atoms with E-state index in [9.17, 15) is 8.42 Å². The van der Waals surface area contributed by atoms with E-state index in [1.807, 2.05) is 0 Å². The van der Waals surface area contributed by atoms with Crippen molar-refractivity contribution < 1.29 is 13.2 Å². The lowest BCUT2D eigenvalue weighted by Crippen LogP contribution is -2.49. The third-order valence-electron chi connectivity index (χ3n) is 4.43. The standard InChI is InChI=1S/C14H18ClNO3S/c15-11-3-1-4-12(16)13(11)20(17,18)10-5-8-19-14(9-10)6-2-7-14/h1,3-4,10H,2,5-9,16H2. The summed E-state index contributed by atoms with van der Waals surface area (Å²) in [5, 5.41) is -0.238. The quantitative estimate of drug-likeness (QED) is 0.852. The summed E-state index contributed by atoms with van der Waals surface area (Å²) in [7, 11) is -3.51. The normalized spacial score (nSPS) is 25.4. The van der Waals surface area contributed by atoms with Crippen molar-refractivity contribution in [2.45, 2.75) is 47.9 Å². The lowest BCUT2D eigenvalue weighted by molar-refractivity contribution is -0.125. The van der Waals surface area contributed by atoms with Crippen molar-refractivity contribution in [1.29, 1.82) is 0 Å². The Morgan fingerprint density at radius 2 is 2.10 bits per heavy atom. The molecule has 1 saturated heterocycles. The molecule has 0 radical (unpaired) electrons. The van der Waals surface area contributed by atoms with Gasteiger partial charge in [-0.2, -0.15) is 0 Å². The molecule has 1 aromatic carbocycles. The van der Waals surface area contributed by atoms with E-state index in [4.69, 9.17) is 22.1 Å². The molecule has 1 aromatic rings. The van der Waals surface area contributed by atoms with E-state index in [2.05, 4.69) is 0 Å². The number of benzene rings is 1. The van der Waals surface area contributed by atoms with Crippen LogP contribution < -0.4 is 5.73 Å². The van der Waals surface area contributed by atoms with Crippen LogP contribution in [-0.2, 0) is 14.6 Å². The SMILES string of the molecule is Nc1cccc(Cl)c1S(=O)(=O)C1CCOC2(CCC2)C1. The molecule has 110 valence electrons. The molecular formula is C14H18ClNO3S. The zero-order chi connectivity index (χ0) is 14.4. The van der Waals surface area contributed by atoms with Crippen LogP contribution in [0.2, 0.25) is 5.02 Å². The second-order valence-corrected chi connectivity index (χ2v) is 8.28. The van der Waals surface area contributed by atoms with E-state index >= 15 is 0 Å². The maximum atomic E-state index is 12.8. The number of anilines is 1. The summed E-state index contributed by atoms with van der Waals surface area (Å²) in [6, 6.07) is 4.81. The predicted molar refractivity (Wildman–Crippen MR) is 78.6 cm³/mol. The van der Waals surface area contributed by atoms with Gasteiger partial charge in [0.25, 0.3) is 0 Å². The number of halogens is 1. The monoisotopic (exact) mass is 315 g/mol. The average Bonchev–Trinajstić information content (AvgIpc) is 2.36. The fourth-order valence-electron chi connectivity index (χ4n) is 3.16. The van der Waals surface area contributed by atoms with Crippen LogP contribution >= 0.6 is 11.6 Å². The molecule has 3 rings (SSSR count). The van der Waals surface area contributed by atoms with Gasteiger partial charge in [-0.1, -0.05) is 17.7 Å². The molecule has 1 unspecified atom stereocenters. The van der Waals surface area contributed by atoms with Crippen LogP contribution in [0.25, 0.3) is 0 Å². The van der Waals surface area contributed by atoms with Crippen LogP contribution in [0.4, 0.5) is 5.69 Å². The lowest BCUT2D eigenvalue weighted by atomic mass is 9.75. The van der Waals surface area contributed by atoms with Crippen LogP contribution in [0.5, 0.6) is 0 Å². The van der Waals surface area contributed by atoms with Gasteiger partial charge in [-0.15, -0.1) is 0 Å². The number of rotatable bonds is 2. The van der Waals surface area contributed by atoms with Gasteiger partial charge in [-0.3, -0.25) is 0 Å². The van der Waals surface area contributed by atoms with Gasteiger partial charge in [0.1, 0.15) is 4.90 Å². The highest BCUT2D eigenvalue weighted by Crippen LogP contribution is 2.45. The van der Waals surface area contributed by atoms with Crippen molar-refractivity contribution in [3.63, 3.8) is 0 Å².